The molecule has 1 aliphatic rings. The summed E-state index contributed by atoms with van der Waals surface area (Å²) in [4.78, 5) is 39.8. The number of rotatable bonds is 6. The molecule has 0 radical (unpaired) electrons. The maximum atomic E-state index is 12.9. The number of hydrogen-bond acceptors (Lipinski definition) is 7. The van der Waals surface area contributed by atoms with Crippen molar-refractivity contribution in [2.45, 2.75) is 31.7 Å². The van der Waals surface area contributed by atoms with Crippen LogP contribution < -0.4 is 15.6 Å². The third kappa shape index (κ3) is 4.57. The number of amides is 1. The quantitative estimate of drug-likeness (QED) is 0.522. The van der Waals surface area contributed by atoms with Crippen LogP contribution in [-0.2, 0) is 32.5 Å². The average Bonchev–Trinajstić information content (AvgIpc) is 3.22. The number of fused-ring (bicyclic) bond motifs is 2. The molecular weight excluding hydrogens is 460 g/mol. The fourth-order valence-electron chi connectivity index (χ4n) is 3.94. The van der Waals surface area contributed by atoms with Crippen molar-refractivity contribution in [1.82, 2.24) is 9.78 Å². The van der Waals surface area contributed by atoms with Crippen LogP contribution in [0.3, 0.4) is 0 Å². The molecular formula is C23H24N4O6S. The van der Waals surface area contributed by atoms with Crippen LogP contribution in [0.5, 0.6) is 0 Å². The van der Waals surface area contributed by atoms with Gasteiger partial charge in [0.15, 0.2) is 12.3 Å². The molecule has 11 heteroatoms. The lowest BCUT2D eigenvalue weighted by atomic mass is 10.1. The molecule has 2 aromatic carbocycles. The minimum absolute atomic E-state index is 0.0264. The number of esters is 1. The molecule has 0 unspecified atom stereocenters. The first-order valence-electron chi connectivity index (χ1n) is 10.7. The third-order valence-corrected chi connectivity index (χ3v) is 6.41. The van der Waals surface area contributed by atoms with Crippen LogP contribution in [0.4, 0.5) is 5.69 Å². The maximum Gasteiger partial charge on any atom is 0.359 e. The SMILES string of the molecule is CC(C)Cn1nc(C(=O)OCC(=O)N2CCc3cc(S(N)(=O)=O)ccc32)c2ccccc2c1=O. The molecule has 1 aliphatic heterocycles. The number of aromatic nitrogens is 2. The Morgan fingerprint density at radius 2 is 1.85 bits per heavy atom. The standard InChI is InChI=1S/C23H24N4O6S/c1-14(2)12-27-22(29)18-6-4-3-5-17(18)21(25-27)23(30)33-13-20(28)26-10-9-15-11-16(34(24,31)32)7-8-19(15)26/h3-8,11,14H,9-10,12-13H2,1-2H3,(H2,24,31,32). The van der Waals surface area contributed by atoms with E-state index in [0.717, 1.165) is 0 Å². The van der Waals surface area contributed by atoms with Gasteiger partial charge in [-0.05, 0) is 42.2 Å². The van der Waals surface area contributed by atoms with Crippen LogP contribution >= 0.6 is 0 Å². The monoisotopic (exact) mass is 484 g/mol. The summed E-state index contributed by atoms with van der Waals surface area (Å²) in [5.41, 5.74) is 0.870. The lowest BCUT2D eigenvalue weighted by molar-refractivity contribution is -0.121. The zero-order chi connectivity index (χ0) is 24.6. The molecule has 2 N–H and O–H groups in total. The second kappa shape index (κ2) is 8.99. The summed E-state index contributed by atoms with van der Waals surface area (Å²) in [5.74, 6) is -1.15. The fraction of sp³-hybridized carbons (Fsp3) is 0.304. The summed E-state index contributed by atoms with van der Waals surface area (Å²) in [6, 6.07) is 10.9. The summed E-state index contributed by atoms with van der Waals surface area (Å²) in [5, 5.41) is 10.1. The van der Waals surface area contributed by atoms with E-state index in [-0.39, 0.29) is 22.1 Å². The van der Waals surface area contributed by atoms with Crippen LogP contribution in [0, 0.1) is 5.92 Å². The van der Waals surface area contributed by atoms with Crippen molar-refractivity contribution in [3.05, 3.63) is 64.1 Å². The minimum Gasteiger partial charge on any atom is -0.451 e. The van der Waals surface area contributed by atoms with E-state index >= 15 is 0 Å². The Morgan fingerprint density at radius 1 is 1.15 bits per heavy atom. The van der Waals surface area contributed by atoms with Crippen LogP contribution in [0.2, 0.25) is 0 Å². The van der Waals surface area contributed by atoms with Crippen LogP contribution in [-0.4, -0.2) is 43.2 Å². The molecule has 0 saturated carbocycles. The van der Waals surface area contributed by atoms with Gasteiger partial charge in [-0.2, -0.15) is 5.10 Å². The topological polar surface area (TPSA) is 142 Å². The number of carbonyl (C=O) groups excluding carboxylic acids is 2. The van der Waals surface area contributed by atoms with Crippen molar-refractivity contribution < 1.29 is 22.7 Å². The van der Waals surface area contributed by atoms with Gasteiger partial charge in [-0.3, -0.25) is 9.59 Å². The Bertz CT molecular complexity index is 1460. The number of benzene rings is 2. The van der Waals surface area contributed by atoms with Gasteiger partial charge in [-0.15, -0.1) is 0 Å². The second-order valence-electron chi connectivity index (χ2n) is 8.48. The van der Waals surface area contributed by atoms with E-state index < -0.39 is 28.5 Å². The first kappa shape index (κ1) is 23.6. The lowest BCUT2D eigenvalue weighted by Crippen LogP contribution is -2.34. The summed E-state index contributed by atoms with van der Waals surface area (Å²) in [6.07, 6.45) is 0.449. The molecule has 0 aliphatic carbocycles. The molecule has 0 saturated heterocycles. The second-order valence-corrected chi connectivity index (χ2v) is 10.0. The van der Waals surface area contributed by atoms with Crippen LogP contribution in [0.25, 0.3) is 10.8 Å². The predicted molar refractivity (Wildman–Crippen MR) is 125 cm³/mol. The molecule has 10 nitrogen and oxygen atoms in total. The molecule has 178 valence electrons. The van der Waals surface area contributed by atoms with Crippen molar-refractivity contribution in [2.75, 3.05) is 18.1 Å². The lowest BCUT2D eigenvalue weighted by Gasteiger charge is -2.17. The molecule has 0 atom stereocenters. The highest BCUT2D eigenvalue weighted by atomic mass is 32.2. The molecule has 2 heterocycles. The molecule has 0 fully saturated rings. The first-order valence-corrected chi connectivity index (χ1v) is 12.2. The highest BCUT2D eigenvalue weighted by Gasteiger charge is 2.27. The van der Waals surface area contributed by atoms with Gasteiger partial charge in [0.1, 0.15) is 0 Å². The Kier molecular flexibility index (Phi) is 6.24. The van der Waals surface area contributed by atoms with Gasteiger partial charge in [0, 0.05) is 24.2 Å². The van der Waals surface area contributed by atoms with Crippen LogP contribution in [0.15, 0.2) is 52.2 Å². The summed E-state index contributed by atoms with van der Waals surface area (Å²) in [7, 11) is -3.85. The number of ether oxygens (including phenoxy) is 1. The van der Waals surface area contributed by atoms with Crippen molar-refractivity contribution in [2.24, 2.45) is 11.1 Å². The molecule has 1 amide bonds. The number of sulfonamides is 1. The number of carbonyl (C=O) groups is 2. The molecule has 3 aromatic rings. The van der Waals surface area contributed by atoms with E-state index in [9.17, 15) is 22.8 Å². The van der Waals surface area contributed by atoms with E-state index in [1.54, 1.807) is 24.3 Å². The van der Waals surface area contributed by atoms with E-state index in [2.05, 4.69) is 5.10 Å². The zero-order valence-electron chi connectivity index (χ0n) is 18.7. The van der Waals surface area contributed by atoms with Gasteiger partial charge < -0.3 is 9.64 Å². The maximum absolute atomic E-state index is 12.9. The number of anilines is 1. The van der Waals surface area contributed by atoms with Crippen molar-refractivity contribution in [1.29, 1.82) is 0 Å². The number of nitrogens with two attached hydrogens (primary N) is 1. The van der Waals surface area contributed by atoms with Gasteiger partial charge in [-0.1, -0.05) is 32.0 Å². The smallest absolute Gasteiger partial charge is 0.359 e. The normalized spacial score (nSPS) is 13.4. The van der Waals surface area contributed by atoms with Gasteiger partial charge in [0.2, 0.25) is 10.0 Å². The Morgan fingerprint density at radius 3 is 2.53 bits per heavy atom. The molecule has 1 aromatic heterocycles. The van der Waals surface area contributed by atoms with E-state index in [1.807, 2.05) is 13.8 Å². The third-order valence-electron chi connectivity index (χ3n) is 5.50. The van der Waals surface area contributed by atoms with Crippen LogP contribution in [0.1, 0.15) is 29.9 Å². The van der Waals surface area contributed by atoms with Crippen molar-refractivity contribution >= 4 is 38.4 Å². The highest BCUT2D eigenvalue weighted by Crippen LogP contribution is 2.30. The Labute approximate surface area is 196 Å². The zero-order valence-corrected chi connectivity index (χ0v) is 19.5. The Hall–Kier alpha value is -3.57. The average molecular weight is 485 g/mol. The summed E-state index contributed by atoms with van der Waals surface area (Å²) >= 11 is 0. The minimum atomic E-state index is -3.85. The number of nitrogens with zero attached hydrogens (tertiary/aromatic N) is 3. The van der Waals surface area contributed by atoms with E-state index in [4.69, 9.17) is 9.88 Å². The Balaban J connectivity index is 1.55. The molecule has 4 rings (SSSR count). The van der Waals surface area contributed by atoms with Gasteiger partial charge in [-0.25, -0.2) is 23.0 Å². The summed E-state index contributed by atoms with van der Waals surface area (Å²) < 4.78 is 29.7. The summed E-state index contributed by atoms with van der Waals surface area (Å²) in [6.45, 7) is 3.97. The first-order chi connectivity index (χ1) is 16.1. The fourth-order valence-corrected chi connectivity index (χ4v) is 4.51. The molecule has 0 bridgehead atoms. The highest BCUT2D eigenvalue weighted by molar-refractivity contribution is 7.89. The number of hydrogen-bond donors (Lipinski definition) is 1. The molecule has 34 heavy (non-hydrogen) atoms. The largest absolute Gasteiger partial charge is 0.451 e. The predicted octanol–water partition coefficient (Wildman–Crippen LogP) is 1.45. The molecule has 0 spiro atoms. The van der Waals surface area contributed by atoms with Gasteiger partial charge >= 0.3 is 5.97 Å². The van der Waals surface area contributed by atoms with Crippen molar-refractivity contribution in [3.63, 3.8) is 0 Å². The van der Waals surface area contributed by atoms with E-state index in [1.165, 1.54) is 27.8 Å². The van der Waals surface area contributed by atoms with Gasteiger partial charge in [0.05, 0.1) is 10.3 Å². The van der Waals surface area contributed by atoms with Gasteiger partial charge in [0.25, 0.3) is 11.5 Å². The van der Waals surface area contributed by atoms with E-state index in [0.29, 0.717) is 41.5 Å². The number of primary sulfonamides is 1. The van der Waals surface area contributed by atoms with Crippen molar-refractivity contribution in [3.8, 4) is 0 Å².